The lowest BCUT2D eigenvalue weighted by molar-refractivity contribution is 0.0735. The van der Waals surface area contributed by atoms with Crippen LogP contribution in [0.25, 0.3) is 0 Å². The first-order valence-corrected chi connectivity index (χ1v) is 7.80. The first kappa shape index (κ1) is 16.5. The average Bonchev–Trinajstić information content (AvgIpc) is 2.68. The molecule has 0 unspecified atom stereocenters. The number of carbonyl (C=O) groups is 1. The molecule has 0 fully saturated rings. The van der Waals surface area contributed by atoms with Crippen molar-refractivity contribution in [1.82, 2.24) is 0 Å². The van der Waals surface area contributed by atoms with E-state index < -0.39 is 0 Å². The second-order valence-corrected chi connectivity index (χ2v) is 5.28. The highest BCUT2D eigenvalue weighted by molar-refractivity contribution is 5.91. The van der Waals surface area contributed by atoms with Crippen LogP contribution >= 0.6 is 0 Å². The van der Waals surface area contributed by atoms with Crippen LogP contribution in [0.3, 0.4) is 0 Å². The number of rotatable bonds is 5. The number of esters is 1. The summed E-state index contributed by atoms with van der Waals surface area (Å²) in [6.07, 6.45) is 1.77. The second-order valence-electron chi connectivity index (χ2n) is 5.28. The molecule has 3 aromatic carbocycles. The molecule has 3 aromatic rings. The van der Waals surface area contributed by atoms with Gasteiger partial charge in [0, 0.05) is 6.21 Å². The summed E-state index contributed by atoms with van der Waals surface area (Å²) in [4.78, 5) is 16.4. The molecule has 0 saturated carbocycles. The van der Waals surface area contributed by atoms with E-state index in [1.807, 2.05) is 30.3 Å². The van der Waals surface area contributed by atoms with E-state index in [4.69, 9.17) is 9.47 Å². The molecule has 0 aliphatic heterocycles. The van der Waals surface area contributed by atoms with Crippen LogP contribution in [0.2, 0.25) is 0 Å². The van der Waals surface area contributed by atoms with Gasteiger partial charge in [0.2, 0.25) is 0 Å². The van der Waals surface area contributed by atoms with E-state index in [2.05, 4.69) is 4.99 Å². The number of methoxy groups -OCH3 is 1. The van der Waals surface area contributed by atoms with Gasteiger partial charge in [-0.15, -0.1) is 0 Å². The largest absolute Gasteiger partial charge is 0.497 e. The molecule has 25 heavy (non-hydrogen) atoms. The van der Waals surface area contributed by atoms with E-state index >= 15 is 0 Å². The number of nitrogens with zero attached hydrogens (tertiary/aromatic N) is 1. The predicted molar refractivity (Wildman–Crippen MR) is 98.1 cm³/mol. The zero-order chi connectivity index (χ0) is 17.5. The Hall–Kier alpha value is -3.40. The van der Waals surface area contributed by atoms with Crippen LogP contribution in [0.1, 0.15) is 15.9 Å². The molecule has 3 rings (SSSR count). The fraction of sp³-hybridized carbons (Fsp3) is 0.0476. The molecule has 0 amide bonds. The number of hydrogen-bond acceptors (Lipinski definition) is 4. The summed E-state index contributed by atoms with van der Waals surface area (Å²) in [5.74, 6) is 0.911. The minimum atomic E-state index is -0.380. The number of benzene rings is 3. The Balaban J connectivity index is 1.63. The fourth-order valence-electron chi connectivity index (χ4n) is 2.18. The first-order valence-electron chi connectivity index (χ1n) is 7.80. The molecule has 0 bridgehead atoms. The molecular weight excluding hydrogens is 314 g/mol. The summed E-state index contributed by atoms with van der Waals surface area (Å²) in [5.41, 5.74) is 2.26. The molecule has 0 heterocycles. The lowest BCUT2D eigenvalue weighted by Crippen LogP contribution is -2.07. The van der Waals surface area contributed by atoms with Gasteiger partial charge in [-0.2, -0.15) is 0 Å². The third-order valence-corrected chi connectivity index (χ3v) is 3.54. The van der Waals surface area contributed by atoms with Crippen molar-refractivity contribution in [3.8, 4) is 11.5 Å². The lowest BCUT2D eigenvalue weighted by atomic mass is 10.2. The zero-order valence-corrected chi connectivity index (χ0v) is 13.8. The predicted octanol–water partition coefficient (Wildman–Crippen LogP) is 4.67. The van der Waals surface area contributed by atoms with Crippen molar-refractivity contribution in [2.45, 2.75) is 0 Å². The standard InChI is InChI=1S/C21H17NO3/c1-24-19-11-7-16(8-12-19)15-22-18-9-13-20(14-10-18)25-21(23)17-5-3-2-4-6-17/h2-15H,1H3/b22-15+. The van der Waals surface area contributed by atoms with Crippen LogP contribution in [-0.2, 0) is 0 Å². The third-order valence-electron chi connectivity index (χ3n) is 3.54. The highest BCUT2D eigenvalue weighted by Gasteiger charge is 2.07. The van der Waals surface area contributed by atoms with Crippen LogP contribution in [0.4, 0.5) is 5.69 Å². The van der Waals surface area contributed by atoms with Gasteiger partial charge in [0.25, 0.3) is 0 Å². The lowest BCUT2D eigenvalue weighted by Gasteiger charge is -2.04. The Kier molecular flexibility index (Phi) is 5.22. The van der Waals surface area contributed by atoms with Crippen LogP contribution in [0.5, 0.6) is 11.5 Å². The molecule has 0 atom stereocenters. The minimum absolute atomic E-state index is 0.380. The summed E-state index contributed by atoms with van der Waals surface area (Å²) < 4.78 is 10.5. The molecule has 0 saturated heterocycles. The Labute approximate surface area is 146 Å². The van der Waals surface area contributed by atoms with E-state index in [1.165, 1.54) is 0 Å². The monoisotopic (exact) mass is 331 g/mol. The molecule has 0 aromatic heterocycles. The van der Waals surface area contributed by atoms with Gasteiger partial charge in [0.1, 0.15) is 11.5 Å². The van der Waals surface area contributed by atoms with Gasteiger partial charge < -0.3 is 9.47 Å². The summed E-state index contributed by atoms with van der Waals surface area (Å²) in [7, 11) is 1.63. The maximum Gasteiger partial charge on any atom is 0.343 e. The van der Waals surface area contributed by atoms with Crippen LogP contribution in [0.15, 0.2) is 83.9 Å². The van der Waals surface area contributed by atoms with Crippen LogP contribution < -0.4 is 9.47 Å². The molecule has 0 spiro atoms. The molecule has 4 heteroatoms. The maximum absolute atomic E-state index is 12.0. The SMILES string of the molecule is COc1ccc(/C=N/c2ccc(OC(=O)c3ccccc3)cc2)cc1. The Bertz CT molecular complexity index is 854. The molecule has 124 valence electrons. The Morgan fingerprint density at radius 1 is 0.840 bits per heavy atom. The van der Waals surface area contributed by atoms with Crippen molar-refractivity contribution < 1.29 is 14.3 Å². The summed E-state index contributed by atoms with van der Waals surface area (Å²) in [5, 5.41) is 0. The summed E-state index contributed by atoms with van der Waals surface area (Å²) >= 11 is 0. The van der Waals surface area contributed by atoms with Crippen LogP contribution in [0, 0.1) is 0 Å². The second kappa shape index (κ2) is 7.93. The first-order chi connectivity index (χ1) is 12.2. The molecule has 0 N–H and O–H groups in total. The minimum Gasteiger partial charge on any atom is -0.497 e. The fourth-order valence-corrected chi connectivity index (χ4v) is 2.18. The maximum atomic E-state index is 12.0. The van der Waals surface area contributed by atoms with Crippen LogP contribution in [-0.4, -0.2) is 19.3 Å². The van der Waals surface area contributed by atoms with Gasteiger partial charge in [-0.3, -0.25) is 4.99 Å². The van der Waals surface area contributed by atoms with Gasteiger partial charge in [-0.25, -0.2) is 4.79 Å². The van der Waals surface area contributed by atoms with Gasteiger partial charge in [0.15, 0.2) is 0 Å². The number of hydrogen-bond donors (Lipinski definition) is 0. The van der Waals surface area contributed by atoms with E-state index in [9.17, 15) is 4.79 Å². The Morgan fingerprint density at radius 2 is 1.48 bits per heavy atom. The van der Waals surface area contributed by atoms with Gasteiger partial charge in [0.05, 0.1) is 18.4 Å². The molecule has 0 aliphatic carbocycles. The van der Waals surface area contributed by atoms with Crippen molar-refractivity contribution in [2.75, 3.05) is 7.11 Å². The van der Waals surface area contributed by atoms with E-state index in [1.54, 1.807) is 61.9 Å². The van der Waals surface area contributed by atoms with E-state index in [-0.39, 0.29) is 5.97 Å². The molecule has 4 nitrogen and oxygen atoms in total. The molecular formula is C21H17NO3. The Morgan fingerprint density at radius 3 is 2.12 bits per heavy atom. The van der Waals surface area contributed by atoms with Gasteiger partial charge in [-0.05, 0) is 66.2 Å². The van der Waals surface area contributed by atoms with Crippen molar-refractivity contribution in [3.63, 3.8) is 0 Å². The van der Waals surface area contributed by atoms with Crippen molar-refractivity contribution in [3.05, 3.63) is 90.0 Å². The summed E-state index contributed by atoms with van der Waals surface area (Å²) in [6.45, 7) is 0. The van der Waals surface area contributed by atoms with Gasteiger partial charge >= 0.3 is 5.97 Å². The number of aliphatic imine (C=N–C) groups is 1. The number of ether oxygens (including phenoxy) is 2. The van der Waals surface area contributed by atoms with E-state index in [0.717, 1.165) is 17.0 Å². The number of carbonyl (C=O) groups excluding carboxylic acids is 1. The zero-order valence-electron chi connectivity index (χ0n) is 13.8. The molecule has 0 aliphatic rings. The average molecular weight is 331 g/mol. The van der Waals surface area contributed by atoms with Gasteiger partial charge in [-0.1, -0.05) is 18.2 Å². The normalized spacial score (nSPS) is 10.6. The topological polar surface area (TPSA) is 47.9 Å². The smallest absolute Gasteiger partial charge is 0.343 e. The quantitative estimate of drug-likeness (QED) is 0.388. The summed E-state index contributed by atoms with van der Waals surface area (Å²) in [6, 6.07) is 23.6. The highest BCUT2D eigenvalue weighted by Crippen LogP contribution is 2.19. The third kappa shape index (κ3) is 4.54. The highest BCUT2D eigenvalue weighted by atomic mass is 16.5. The molecule has 0 radical (unpaired) electrons. The van der Waals surface area contributed by atoms with Crippen molar-refractivity contribution in [2.24, 2.45) is 4.99 Å². The van der Waals surface area contributed by atoms with E-state index in [0.29, 0.717) is 11.3 Å². The van der Waals surface area contributed by atoms with Crippen molar-refractivity contribution >= 4 is 17.9 Å². The van der Waals surface area contributed by atoms with Crippen molar-refractivity contribution in [1.29, 1.82) is 0 Å².